The quantitative estimate of drug-likeness (QED) is 0.848. The van der Waals surface area contributed by atoms with Crippen LogP contribution < -0.4 is 10.1 Å². The van der Waals surface area contributed by atoms with Crippen molar-refractivity contribution in [1.82, 2.24) is 0 Å². The molecule has 0 spiro atoms. The van der Waals surface area contributed by atoms with Crippen LogP contribution in [0.15, 0.2) is 24.3 Å². The van der Waals surface area contributed by atoms with E-state index in [2.05, 4.69) is 5.32 Å². The molecule has 0 bridgehead atoms. The maximum absolute atomic E-state index is 12.0. The minimum absolute atomic E-state index is 0.141. The summed E-state index contributed by atoms with van der Waals surface area (Å²) in [5.41, 5.74) is 0.695. The Balaban J connectivity index is 1.68. The van der Waals surface area contributed by atoms with Gasteiger partial charge in [-0.2, -0.15) is 0 Å². The van der Waals surface area contributed by atoms with Gasteiger partial charge in [0.25, 0.3) is 0 Å². The van der Waals surface area contributed by atoms with E-state index < -0.39 is 4.33 Å². The summed E-state index contributed by atoms with van der Waals surface area (Å²) in [6.45, 7) is 0. The Morgan fingerprint density at radius 2 is 1.90 bits per heavy atom. The average molecular weight is 314 g/mol. The van der Waals surface area contributed by atoms with Gasteiger partial charge in [-0.1, -0.05) is 12.1 Å². The van der Waals surface area contributed by atoms with Crippen molar-refractivity contribution >= 4 is 34.8 Å². The first kappa shape index (κ1) is 14.0. The van der Waals surface area contributed by atoms with E-state index >= 15 is 0 Å². The zero-order chi connectivity index (χ0) is 14.2. The van der Waals surface area contributed by atoms with Crippen LogP contribution in [0.25, 0.3) is 0 Å². The third kappa shape index (κ3) is 3.04. The Morgan fingerprint density at radius 1 is 1.25 bits per heavy atom. The summed E-state index contributed by atoms with van der Waals surface area (Å²) in [6.07, 6.45) is 5.35. The average Bonchev–Trinajstić information content (AvgIpc) is 2.83. The Kier molecular flexibility index (Phi) is 3.83. The molecule has 5 heteroatoms. The van der Waals surface area contributed by atoms with Gasteiger partial charge in [-0.3, -0.25) is 4.79 Å². The molecule has 0 saturated heterocycles. The minimum atomic E-state index is -0.897. The highest BCUT2D eigenvalue weighted by molar-refractivity contribution is 6.52. The van der Waals surface area contributed by atoms with Crippen molar-refractivity contribution in [3.8, 4) is 5.75 Å². The Morgan fingerprint density at radius 3 is 2.55 bits per heavy atom. The van der Waals surface area contributed by atoms with Gasteiger partial charge in [-0.25, -0.2) is 0 Å². The van der Waals surface area contributed by atoms with E-state index in [0.717, 1.165) is 18.6 Å². The molecule has 108 valence electrons. The third-order valence-corrected chi connectivity index (χ3v) is 4.72. The second-order valence-electron chi connectivity index (χ2n) is 5.53. The van der Waals surface area contributed by atoms with Crippen LogP contribution >= 0.6 is 23.2 Å². The SMILES string of the molecule is O=C(Nc1ccccc1OC1CCCC1)C1CC1(Cl)Cl. The van der Waals surface area contributed by atoms with Crippen LogP contribution in [-0.2, 0) is 4.79 Å². The molecular formula is C15H17Cl2NO2. The van der Waals surface area contributed by atoms with Crippen molar-refractivity contribution in [2.24, 2.45) is 5.92 Å². The van der Waals surface area contributed by atoms with Gasteiger partial charge in [0.05, 0.1) is 17.7 Å². The maximum Gasteiger partial charge on any atom is 0.230 e. The van der Waals surface area contributed by atoms with E-state index in [0.29, 0.717) is 12.1 Å². The molecule has 0 radical (unpaired) electrons. The van der Waals surface area contributed by atoms with Gasteiger partial charge in [0.1, 0.15) is 10.1 Å². The van der Waals surface area contributed by atoms with Crippen molar-refractivity contribution in [2.75, 3.05) is 5.32 Å². The molecule has 2 aliphatic rings. The number of rotatable bonds is 4. The fourth-order valence-corrected chi connectivity index (χ4v) is 3.08. The summed E-state index contributed by atoms with van der Waals surface area (Å²) >= 11 is 11.8. The topological polar surface area (TPSA) is 38.3 Å². The number of nitrogens with one attached hydrogen (secondary N) is 1. The van der Waals surface area contributed by atoms with Gasteiger partial charge < -0.3 is 10.1 Å². The fourth-order valence-electron chi connectivity index (χ4n) is 2.58. The van der Waals surface area contributed by atoms with Crippen LogP contribution in [0.4, 0.5) is 5.69 Å². The van der Waals surface area contributed by atoms with Crippen LogP contribution in [0, 0.1) is 5.92 Å². The molecule has 0 heterocycles. The monoisotopic (exact) mass is 313 g/mol. The zero-order valence-electron chi connectivity index (χ0n) is 11.1. The zero-order valence-corrected chi connectivity index (χ0v) is 12.6. The normalized spacial score (nSPS) is 24.4. The van der Waals surface area contributed by atoms with Gasteiger partial charge >= 0.3 is 0 Å². The lowest BCUT2D eigenvalue weighted by Crippen LogP contribution is -2.18. The summed E-state index contributed by atoms with van der Waals surface area (Å²) in [6, 6.07) is 7.51. The van der Waals surface area contributed by atoms with E-state index in [1.807, 2.05) is 24.3 Å². The molecular weight excluding hydrogens is 297 g/mol. The Bertz CT molecular complexity index is 512. The first-order chi connectivity index (χ1) is 9.56. The number of alkyl halides is 2. The van der Waals surface area contributed by atoms with Crippen molar-refractivity contribution in [1.29, 1.82) is 0 Å². The number of hydrogen-bond acceptors (Lipinski definition) is 2. The van der Waals surface area contributed by atoms with Crippen molar-refractivity contribution in [3.63, 3.8) is 0 Å². The number of amides is 1. The molecule has 1 unspecified atom stereocenters. The molecule has 1 N–H and O–H groups in total. The number of carbonyl (C=O) groups is 1. The Hall–Kier alpha value is -0.930. The highest BCUT2D eigenvalue weighted by Gasteiger charge is 2.56. The molecule has 1 aromatic rings. The van der Waals surface area contributed by atoms with Crippen molar-refractivity contribution < 1.29 is 9.53 Å². The van der Waals surface area contributed by atoms with Crippen LogP contribution in [-0.4, -0.2) is 16.3 Å². The van der Waals surface area contributed by atoms with Gasteiger partial charge in [0.15, 0.2) is 0 Å². The molecule has 2 fully saturated rings. The molecule has 1 atom stereocenters. The predicted octanol–water partition coefficient (Wildman–Crippen LogP) is 4.14. The first-order valence-corrected chi connectivity index (χ1v) is 7.76. The number of benzene rings is 1. The van der Waals surface area contributed by atoms with Crippen LogP contribution in [0.1, 0.15) is 32.1 Å². The molecule has 0 aliphatic heterocycles. The fraction of sp³-hybridized carbons (Fsp3) is 0.533. The lowest BCUT2D eigenvalue weighted by Gasteiger charge is -2.17. The van der Waals surface area contributed by atoms with Gasteiger partial charge in [-0.15, -0.1) is 23.2 Å². The number of carbonyl (C=O) groups excluding carboxylic acids is 1. The molecule has 3 rings (SSSR count). The summed E-state index contributed by atoms with van der Waals surface area (Å²) in [5.74, 6) is 0.256. The smallest absolute Gasteiger partial charge is 0.230 e. The van der Waals surface area contributed by atoms with E-state index in [4.69, 9.17) is 27.9 Å². The van der Waals surface area contributed by atoms with E-state index in [-0.39, 0.29) is 17.9 Å². The highest BCUT2D eigenvalue weighted by atomic mass is 35.5. The maximum atomic E-state index is 12.0. The second-order valence-corrected chi connectivity index (χ2v) is 7.07. The standard InChI is InChI=1S/C15H17Cl2NO2/c16-15(17)9-11(15)14(19)18-12-7-3-4-8-13(12)20-10-5-1-2-6-10/h3-4,7-8,10-11H,1-2,5-6,9H2,(H,18,19). The molecule has 1 amide bonds. The number of hydrogen-bond donors (Lipinski definition) is 1. The Labute approximate surface area is 128 Å². The third-order valence-electron chi connectivity index (χ3n) is 3.88. The van der Waals surface area contributed by atoms with Crippen molar-refractivity contribution in [2.45, 2.75) is 42.5 Å². The van der Waals surface area contributed by atoms with Gasteiger partial charge in [-0.05, 0) is 44.2 Å². The first-order valence-electron chi connectivity index (χ1n) is 7.00. The number of ether oxygens (including phenoxy) is 1. The van der Waals surface area contributed by atoms with E-state index in [9.17, 15) is 4.79 Å². The van der Waals surface area contributed by atoms with Crippen LogP contribution in [0.2, 0.25) is 0 Å². The number of anilines is 1. The molecule has 2 aliphatic carbocycles. The number of halogens is 2. The summed E-state index contributed by atoms with van der Waals surface area (Å²) in [4.78, 5) is 12.0. The van der Waals surface area contributed by atoms with Gasteiger partial charge in [0.2, 0.25) is 5.91 Å². The van der Waals surface area contributed by atoms with Crippen molar-refractivity contribution in [3.05, 3.63) is 24.3 Å². The van der Waals surface area contributed by atoms with E-state index in [1.54, 1.807) is 0 Å². The van der Waals surface area contributed by atoms with E-state index in [1.165, 1.54) is 12.8 Å². The highest BCUT2D eigenvalue weighted by Crippen LogP contribution is 2.53. The minimum Gasteiger partial charge on any atom is -0.488 e. The molecule has 0 aromatic heterocycles. The molecule has 3 nitrogen and oxygen atoms in total. The second kappa shape index (κ2) is 5.45. The lowest BCUT2D eigenvalue weighted by atomic mass is 10.2. The number of para-hydroxylation sites is 2. The summed E-state index contributed by atoms with van der Waals surface area (Å²) < 4.78 is 5.08. The lowest BCUT2D eigenvalue weighted by molar-refractivity contribution is -0.117. The summed E-state index contributed by atoms with van der Waals surface area (Å²) in [5, 5.41) is 2.87. The van der Waals surface area contributed by atoms with Crippen LogP contribution in [0.3, 0.4) is 0 Å². The van der Waals surface area contributed by atoms with Crippen LogP contribution in [0.5, 0.6) is 5.75 Å². The summed E-state index contributed by atoms with van der Waals surface area (Å²) in [7, 11) is 0. The molecule has 1 aromatic carbocycles. The largest absolute Gasteiger partial charge is 0.488 e. The van der Waals surface area contributed by atoms with Gasteiger partial charge in [0, 0.05) is 0 Å². The predicted molar refractivity (Wildman–Crippen MR) is 80.5 cm³/mol. The molecule has 20 heavy (non-hydrogen) atoms. The molecule has 2 saturated carbocycles.